The largest absolute Gasteiger partial charge is 0.369 e. The Morgan fingerprint density at radius 3 is 2.65 bits per heavy atom. The fourth-order valence-corrected chi connectivity index (χ4v) is 5.83. The second kappa shape index (κ2) is 8.89. The van der Waals surface area contributed by atoms with Crippen LogP contribution in [0.4, 0.5) is 5.82 Å². The van der Waals surface area contributed by atoms with E-state index < -0.39 is 0 Å². The van der Waals surface area contributed by atoms with Crippen molar-refractivity contribution in [2.24, 2.45) is 0 Å². The summed E-state index contributed by atoms with van der Waals surface area (Å²) < 4.78 is 1.13. The van der Waals surface area contributed by atoms with Crippen LogP contribution in [0.1, 0.15) is 37.8 Å². The highest BCUT2D eigenvalue weighted by Gasteiger charge is 2.24. The second-order valence-electron chi connectivity index (χ2n) is 8.13. The topological polar surface area (TPSA) is 53.9 Å². The Labute approximate surface area is 187 Å². The standard InChI is InChI=1S/C25H29N5S/c1-3-30(4-2)15-9-14-26-24-23-22(27-16-28-24)20-18-12-8-13-19(18)21(29-25(20)31-23)17-10-6-5-7-11-17/h5-7,10-11,16H,3-4,8-9,12-15H2,1-2H3,(H,26,27,28). The molecule has 31 heavy (non-hydrogen) atoms. The number of pyridine rings is 1. The molecule has 1 aliphatic rings. The van der Waals surface area contributed by atoms with E-state index in [2.05, 4.69) is 59.4 Å². The van der Waals surface area contributed by atoms with Crippen molar-refractivity contribution in [3.63, 3.8) is 0 Å². The first-order valence-corrected chi connectivity index (χ1v) is 12.2. The van der Waals surface area contributed by atoms with Gasteiger partial charge in [-0.2, -0.15) is 0 Å². The number of hydrogen-bond donors (Lipinski definition) is 1. The summed E-state index contributed by atoms with van der Waals surface area (Å²) in [5.41, 5.74) is 6.27. The lowest BCUT2D eigenvalue weighted by Gasteiger charge is -2.17. The molecular weight excluding hydrogens is 402 g/mol. The van der Waals surface area contributed by atoms with Crippen molar-refractivity contribution in [1.29, 1.82) is 0 Å². The van der Waals surface area contributed by atoms with E-state index in [4.69, 9.17) is 9.97 Å². The molecule has 0 fully saturated rings. The maximum atomic E-state index is 5.15. The highest BCUT2D eigenvalue weighted by Crippen LogP contribution is 2.43. The zero-order valence-electron chi connectivity index (χ0n) is 18.3. The van der Waals surface area contributed by atoms with E-state index in [1.54, 1.807) is 17.7 Å². The molecule has 0 atom stereocenters. The Kier molecular flexibility index (Phi) is 5.83. The van der Waals surface area contributed by atoms with Gasteiger partial charge in [0.1, 0.15) is 17.0 Å². The van der Waals surface area contributed by atoms with Crippen LogP contribution in [0.15, 0.2) is 36.7 Å². The molecule has 4 aromatic rings. The van der Waals surface area contributed by atoms with Gasteiger partial charge in [-0.25, -0.2) is 15.0 Å². The predicted molar refractivity (Wildman–Crippen MR) is 131 cm³/mol. The van der Waals surface area contributed by atoms with Gasteiger partial charge in [-0.1, -0.05) is 44.2 Å². The lowest BCUT2D eigenvalue weighted by Crippen LogP contribution is -2.25. The van der Waals surface area contributed by atoms with E-state index in [9.17, 15) is 0 Å². The Balaban J connectivity index is 1.52. The van der Waals surface area contributed by atoms with Gasteiger partial charge in [0.25, 0.3) is 0 Å². The summed E-state index contributed by atoms with van der Waals surface area (Å²) in [4.78, 5) is 18.0. The third kappa shape index (κ3) is 3.79. The average Bonchev–Trinajstić information content (AvgIpc) is 3.44. The van der Waals surface area contributed by atoms with Crippen LogP contribution in [0.25, 0.3) is 31.7 Å². The summed E-state index contributed by atoms with van der Waals surface area (Å²) in [7, 11) is 0. The summed E-state index contributed by atoms with van der Waals surface area (Å²) in [5, 5.41) is 4.82. The van der Waals surface area contributed by atoms with Gasteiger partial charge >= 0.3 is 0 Å². The van der Waals surface area contributed by atoms with Crippen LogP contribution >= 0.6 is 11.3 Å². The molecule has 0 amide bonds. The Morgan fingerprint density at radius 1 is 1.03 bits per heavy atom. The first kappa shape index (κ1) is 20.3. The van der Waals surface area contributed by atoms with E-state index in [-0.39, 0.29) is 0 Å². The molecule has 0 saturated carbocycles. The Morgan fingerprint density at radius 2 is 1.84 bits per heavy atom. The molecule has 6 heteroatoms. The molecule has 0 spiro atoms. The molecule has 1 aliphatic carbocycles. The molecule has 1 aromatic carbocycles. The third-order valence-electron chi connectivity index (χ3n) is 6.36. The highest BCUT2D eigenvalue weighted by molar-refractivity contribution is 7.26. The van der Waals surface area contributed by atoms with Crippen LogP contribution in [-0.4, -0.2) is 46.0 Å². The van der Waals surface area contributed by atoms with Crippen molar-refractivity contribution in [1.82, 2.24) is 19.9 Å². The number of hydrogen-bond acceptors (Lipinski definition) is 6. The number of thiophene rings is 1. The molecule has 3 aromatic heterocycles. The lowest BCUT2D eigenvalue weighted by molar-refractivity contribution is 0.303. The van der Waals surface area contributed by atoms with E-state index in [1.165, 1.54) is 28.5 Å². The second-order valence-corrected chi connectivity index (χ2v) is 9.13. The number of fused-ring (bicyclic) bond motifs is 5. The van der Waals surface area contributed by atoms with Gasteiger partial charge in [0.05, 0.1) is 15.9 Å². The van der Waals surface area contributed by atoms with Gasteiger partial charge in [-0.15, -0.1) is 11.3 Å². The van der Waals surface area contributed by atoms with E-state index in [0.29, 0.717) is 0 Å². The molecule has 5 rings (SSSR count). The lowest BCUT2D eigenvalue weighted by atomic mass is 10.0. The summed E-state index contributed by atoms with van der Waals surface area (Å²) in [6.45, 7) is 8.67. The number of aromatic nitrogens is 3. The van der Waals surface area contributed by atoms with Crippen LogP contribution in [0.2, 0.25) is 0 Å². The monoisotopic (exact) mass is 431 g/mol. The highest BCUT2D eigenvalue weighted by atomic mass is 32.1. The summed E-state index contributed by atoms with van der Waals surface area (Å²) in [6.07, 6.45) is 6.20. The minimum absolute atomic E-state index is 0.914. The van der Waals surface area contributed by atoms with Crippen LogP contribution in [0.3, 0.4) is 0 Å². The Hall–Kier alpha value is -2.57. The van der Waals surface area contributed by atoms with Gasteiger partial charge in [0.15, 0.2) is 0 Å². The zero-order chi connectivity index (χ0) is 21.2. The maximum absolute atomic E-state index is 5.15. The van der Waals surface area contributed by atoms with Gasteiger partial charge in [0, 0.05) is 17.5 Å². The third-order valence-corrected chi connectivity index (χ3v) is 7.44. The van der Waals surface area contributed by atoms with Crippen LogP contribution in [0.5, 0.6) is 0 Å². The molecule has 160 valence electrons. The normalized spacial score (nSPS) is 13.4. The molecule has 0 saturated heterocycles. The number of nitrogens with zero attached hydrogens (tertiary/aromatic N) is 4. The maximum Gasteiger partial charge on any atom is 0.147 e. The molecule has 1 N–H and O–H groups in total. The van der Waals surface area contributed by atoms with Crippen molar-refractivity contribution in [2.75, 3.05) is 31.5 Å². The van der Waals surface area contributed by atoms with Crippen molar-refractivity contribution < 1.29 is 0 Å². The van der Waals surface area contributed by atoms with Gasteiger partial charge in [-0.05, 0) is 56.4 Å². The van der Waals surface area contributed by atoms with Crippen LogP contribution < -0.4 is 5.32 Å². The first-order valence-electron chi connectivity index (χ1n) is 11.4. The van der Waals surface area contributed by atoms with Crippen molar-refractivity contribution >= 4 is 37.6 Å². The van der Waals surface area contributed by atoms with Crippen molar-refractivity contribution in [2.45, 2.75) is 39.5 Å². The predicted octanol–water partition coefficient (Wildman–Crippen LogP) is 5.54. The van der Waals surface area contributed by atoms with E-state index in [0.717, 1.165) is 72.0 Å². The van der Waals surface area contributed by atoms with Crippen LogP contribution in [0, 0.1) is 0 Å². The van der Waals surface area contributed by atoms with E-state index >= 15 is 0 Å². The summed E-state index contributed by atoms with van der Waals surface area (Å²) in [5.74, 6) is 0.945. The fourth-order valence-electron chi connectivity index (χ4n) is 4.71. The van der Waals surface area contributed by atoms with Gasteiger partial charge in [-0.3, -0.25) is 0 Å². The molecule has 0 unspecified atom stereocenters. The summed E-state index contributed by atoms with van der Waals surface area (Å²) >= 11 is 1.73. The number of benzene rings is 1. The Bertz CT molecular complexity index is 1200. The minimum atomic E-state index is 0.914. The quantitative estimate of drug-likeness (QED) is 0.371. The SMILES string of the molecule is CCN(CC)CCCNc1ncnc2c1sc1nc(-c3ccccc3)c3c(c12)CCC3. The number of aryl methyl sites for hydroxylation is 1. The van der Waals surface area contributed by atoms with E-state index in [1.807, 2.05) is 0 Å². The van der Waals surface area contributed by atoms with Crippen molar-refractivity contribution in [3.05, 3.63) is 47.8 Å². The smallest absolute Gasteiger partial charge is 0.147 e. The molecule has 5 nitrogen and oxygen atoms in total. The molecular formula is C25H29N5S. The number of rotatable bonds is 8. The molecule has 0 radical (unpaired) electrons. The van der Waals surface area contributed by atoms with Gasteiger partial charge in [0.2, 0.25) is 0 Å². The van der Waals surface area contributed by atoms with Crippen LogP contribution in [-0.2, 0) is 12.8 Å². The number of anilines is 1. The zero-order valence-corrected chi connectivity index (χ0v) is 19.1. The van der Waals surface area contributed by atoms with Crippen molar-refractivity contribution in [3.8, 4) is 11.3 Å². The fraction of sp³-hybridized carbons (Fsp3) is 0.400. The molecule has 0 bridgehead atoms. The summed E-state index contributed by atoms with van der Waals surface area (Å²) in [6, 6.07) is 10.6. The first-order chi connectivity index (χ1) is 15.3. The molecule has 3 heterocycles. The van der Waals surface area contributed by atoms with Gasteiger partial charge < -0.3 is 10.2 Å². The average molecular weight is 432 g/mol. The minimum Gasteiger partial charge on any atom is -0.369 e. The number of nitrogens with one attached hydrogen (secondary N) is 1. The molecule has 0 aliphatic heterocycles.